The lowest BCUT2D eigenvalue weighted by atomic mass is 9.81. The van der Waals surface area contributed by atoms with Gasteiger partial charge in [0.2, 0.25) is 5.91 Å². The third-order valence-electron chi connectivity index (χ3n) is 2.99. The van der Waals surface area contributed by atoms with Crippen LogP contribution in [0.4, 0.5) is 0 Å². The highest BCUT2D eigenvalue weighted by Gasteiger charge is 2.31. The van der Waals surface area contributed by atoms with Crippen LogP contribution in [0, 0.1) is 22.7 Å². The fourth-order valence-electron chi connectivity index (χ4n) is 1.78. The molecule has 1 aromatic rings. The molecule has 102 valence electrons. The Balaban J connectivity index is 2.77. The molecule has 0 aliphatic rings. The largest absolute Gasteiger partial charge is 0.348 e. The van der Waals surface area contributed by atoms with Gasteiger partial charge in [-0.1, -0.05) is 48.8 Å². The van der Waals surface area contributed by atoms with Crippen molar-refractivity contribution in [2.45, 2.75) is 33.7 Å². The Kier molecular flexibility index (Phi) is 5.13. The average molecular weight is 323 g/mol. The molecule has 0 saturated heterocycles. The first-order valence-corrected chi connectivity index (χ1v) is 7.00. The zero-order valence-electron chi connectivity index (χ0n) is 11.7. The Bertz CT molecular complexity index is 482. The van der Waals surface area contributed by atoms with Crippen molar-refractivity contribution in [3.63, 3.8) is 0 Å². The van der Waals surface area contributed by atoms with Crippen LogP contribution in [0.5, 0.6) is 0 Å². The summed E-state index contributed by atoms with van der Waals surface area (Å²) >= 11 is 3.38. The first-order chi connectivity index (χ1) is 8.75. The second kappa shape index (κ2) is 6.21. The summed E-state index contributed by atoms with van der Waals surface area (Å²) in [6.07, 6.45) is 0. The average Bonchev–Trinajstić information content (AvgIpc) is 2.28. The molecule has 1 amide bonds. The van der Waals surface area contributed by atoms with Crippen molar-refractivity contribution in [3.05, 3.63) is 34.3 Å². The van der Waals surface area contributed by atoms with E-state index in [4.69, 9.17) is 5.26 Å². The van der Waals surface area contributed by atoms with Crippen molar-refractivity contribution in [3.8, 4) is 6.07 Å². The number of amides is 1. The van der Waals surface area contributed by atoms with Crippen molar-refractivity contribution in [2.24, 2.45) is 11.3 Å². The van der Waals surface area contributed by atoms with Crippen LogP contribution in [0.2, 0.25) is 0 Å². The SMILES string of the molecule is C[C@@H](NC(=O)C(C#N)C(C)(C)C)c1ccc(Br)cc1. The van der Waals surface area contributed by atoms with Crippen LogP contribution in [0.25, 0.3) is 0 Å². The molecule has 2 atom stereocenters. The van der Waals surface area contributed by atoms with Gasteiger partial charge in [0.1, 0.15) is 5.92 Å². The molecule has 0 fully saturated rings. The topological polar surface area (TPSA) is 52.9 Å². The van der Waals surface area contributed by atoms with Crippen molar-refractivity contribution >= 4 is 21.8 Å². The monoisotopic (exact) mass is 322 g/mol. The predicted octanol–water partition coefficient (Wildman–Crippen LogP) is 3.81. The lowest BCUT2D eigenvalue weighted by molar-refractivity contribution is -0.126. The van der Waals surface area contributed by atoms with Crippen molar-refractivity contribution in [1.29, 1.82) is 5.26 Å². The van der Waals surface area contributed by atoms with Crippen LogP contribution in [0.15, 0.2) is 28.7 Å². The van der Waals surface area contributed by atoms with Gasteiger partial charge >= 0.3 is 0 Å². The summed E-state index contributed by atoms with van der Waals surface area (Å²) in [5.41, 5.74) is 0.653. The molecule has 0 heterocycles. The number of nitrogens with one attached hydrogen (secondary N) is 1. The number of carbonyl (C=O) groups excluding carboxylic acids is 1. The van der Waals surface area contributed by atoms with Gasteiger partial charge in [0.15, 0.2) is 0 Å². The van der Waals surface area contributed by atoms with Crippen LogP contribution in [0.1, 0.15) is 39.3 Å². The normalized spacial score (nSPS) is 14.3. The summed E-state index contributed by atoms with van der Waals surface area (Å²) in [5.74, 6) is -0.865. The number of carbonyl (C=O) groups is 1. The molecular weight excluding hydrogens is 304 g/mol. The minimum atomic E-state index is -0.648. The number of nitrogens with zero attached hydrogens (tertiary/aromatic N) is 1. The van der Waals surface area contributed by atoms with E-state index in [9.17, 15) is 4.79 Å². The molecule has 19 heavy (non-hydrogen) atoms. The highest BCUT2D eigenvalue weighted by atomic mass is 79.9. The second-order valence-electron chi connectivity index (χ2n) is 5.71. The standard InChI is InChI=1S/C15H19BrN2O/c1-10(11-5-7-12(16)8-6-11)18-14(19)13(9-17)15(2,3)4/h5-8,10,13H,1-4H3,(H,18,19)/t10-,13?/m1/s1. The molecule has 0 spiro atoms. The van der Waals surface area contributed by atoms with Gasteiger partial charge in [0.05, 0.1) is 12.1 Å². The fraction of sp³-hybridized carbons (Fsp3) is 0.467. The Morgan fingerprint density at radius 1 is 1.32 bits per heavy atom. The molecule has 1 aromatic carbocycles. The molecular formula is C15H19BrN2O. The Hall–Kier alpha value is -1.34. The molecule has 1 rings (SSSR count). The van der Waals surface area contributed by atoms with E-state index in [1.165, 1.54) is 0 Å². The van der Waals surface area contributed by atoms with Gasteiger partial charge in [-0.3, -0.25) is 4.79 Å². The summed E-state index contributed by atoms with van der Waals surface area (Å²) in [5, 5.41) is 12.0. The number of nitriles is 1. The zero-order valence-corrected chi connectivity index (χ0v) is 13.3. The van der Waals surface area contributed by atoms with E-state index in [-0.39, 0.29) is 17.4 Å². The summed E-state index contributed by atoms with van der Waals surface area (Å²) in [7, 11) is 0. The number of benzene rings is 1. The third kappa shape index (κ3) is 4.36. The molecule has 3 nitrogen and oxygen atoms in total. The van der Waals surface area contributed by atoms with E-state index in [1.54, 1.807) is 0 Å². The maximum absolute atomic E-state index is 12.1. The second-order valence-corrected chi connectivity index (χ2v) is 6.63. The smallest absolute Gasteiger partial charge is 0.238 e. The molecule has 4 heteroatoms. The predicted molar refractivity (Wildman–Crippen MR) is 79.3 cm³/mol. The van der Waals surface area contributed by atoms with Crippen LogP contribution < -0.4 is 5.32 Å². The lowest BCUT2D eigenvalue weighted by Crippen LogP contribution is -2.38. The van der Waals surface area contributed by atoms with Crippen LogP contribution in [-0.4, -0.2) is 5.91 Å². The summed E-state index contributed by atoms with van der Waals surface area (Å²) in [6, 6.07) is 9.75. The summed E-state index contributed by atoms with van der Waals surface area (Å²) in [6.45, 7) is 7.60. The van der Waals surface area contributed by atoms with E-state index in [0.29, 0.717) is 0 Å². The highest BCUT2D eigenvalue weighted by molar-refractivity contribution is 9.10. The third-order valence-corrected chi connectivity index (χ3v) is 3.51. The van der Waals surface area contributed by atoms with Crippen LogP contribution >= 0.6 is 15.9 Å². The van der Waals surface area contributed by atoms with Gasteiger partial charge < -0.3 is 5.32 Å². The maximum atomic E-state index is 12.1. The zero-order chi connectivity index (χ0) is 14.6. The number of hydrogen-bond donors (Lipinski definition) is 1. The fourth-order valence-corrected chi connectivity index (χ4v) is 2.04. The maximum Gasteiger partial charge on any atom is 0.238 e. The Labute approximate surface area is 123 Å². The van der Waals surface area contributed by atoms with Crippen molar-refractivity contribution in [1.82, 2.24) is 5.32 Å². The van der Waals surface area contributed by atoms with E-state index in [1.807, 2.05) is 52.0 Å². The lowest BCUT2D eigenvalue weighted by Gasteiger charge is -2.25. The molecule has 0 aromatic heterocycles. The Morgan fingerprint density at radius 3 is 2.26 bits per heavy atom. The Morgan fingerprint density at radius 2 is 1.84 bits per heavy atom. The number of rotatable bonds is 3. The molecule has 1 N–H and O–H groups in total. The summed E-state index contributed by atoms with van der Waals surface area (Å²) in [4.78, 5) is 12.1. The van der Waals surface area contributed by atoms with Crippen LogP contribution in [0.3, 0.4) is 0 Å². The van der Waals surface area contributed by atoms with Gasteiger partial charge in [0, 0.05) is 4.47 Å². The number of hydrogen-bond acceptors (Lipinski definition) is 2. The summed E-state index contributed by atoms with van der Waals surface area (Å²) < 4.78 is 0.999. The molecule has 0 bridgehead atoms. The van der Waals surface area contributed by atoms with Crippen molar-refractivity contribution in [2.75, 3.05) is 0 Å². The van der Waals surface area contributed by atoms with Gasteiger partial charge in [-0.2, -0.15) is 5.26 Å². The van der Waals surface area contributed by atoms with Gasteiger partial charge in [-0.25, -0.2) is 0 Å². The molecule has 0 aliphatic carbocycles. The number of halogens is 1. The van der Waals surface area contributed by atoms with E-state index in [2.05, 4.69) is 27.3 Å². The minimum absolute atomic E-state index is 0.112. The first kappa shape index (κ1) is 15.7. The molecule has 0 saturated carbocycles. The van der Waals surface area contributed by atoms with Gasteiger partial charge in [-0.05, 0) is 30.0 Å². The van der Waals surface area contributed by atoms with E-state index in [0.717, 1.165) is 10.0 Å². The van der Waals surface area contributed by atoms with Gasteiger partial charge in [-0.15, -0.1) is 0 Å². The minimum Gasteiger partial charge on any atom is -0.348 e. The molecule has 0 aliphatic heterocycles. The molecule has 0 radical (unpaired) electrons. The van der Waals surface area contributed by atoms with Gasteiger partial charge in [0.25, 0.3) is 0 Å². The van der Waals surface area contributed by atoms with E-state index >= 15 is 0 Å². The molecule has 1 unspecified atom stereocenters. The first-order valence-electron chi connectivity index (χ1n) is 6.21. The highest BCUT2D eigenvalue weighted by Crippen LogP contribution is 2.26. The quantitative estimate of drug-likeness (QED) is 0.919. The van der Waals surface area contributed by atoms with Crippen molar-refractivity contribution < 1.29 is 4.79 Å². The van der Waals surface area contributed by atoms with E-state index < -0.39 is 5.92 Å². The van der Waals surface area contributed by atoms with Crippen LogP contribution in [-0.2, 0) is 4.79 Å².